The minimum absolute atomic E-state index is 0.424. The van der Waals surface area contributed by atoms with E-state index >= 15 is 0 Å². The first kappa shape index (κ1) is 15.8. The zero-order valence-corrected chi connectivity index (χ0v) is 14.4. The topological polar surface area (TPSA) is 47.6 Å². The summed E-state index contributed by atoms with van der Waals surface area (Å²) in [6.07, 6.45) is 8.51. The molecule has 2 aliphatic carbocycles. The number of hydrogen-bond acceptors (Lipinski definition) is 2. The first-order valence-corrected chi connectivity index (χ1v) is 7.92. The third kappa shape index (κ3) is 2.43. The maximum Gasteiger partial charge on any atom is 0.101 e. The highest BCUT2D eigenvalue weighted by atomic mass is 14.3. The van der Waals surface area contributed by atoms with Crippen molar-refractivity contribution < 1.29 is 0 Å². The number of nitriles is 2. The van der Waals surface area contributed by atoms with Gasteiger partial charge in [-0.3, -0.25) is 0 Å². The summed E-state index contributed by atoms with van der Waals surface area (Å²) < 4.78 is 0. The molecule has 116 valence electrons. The minimum Gasteiger partial charge on any atom is -0.192 e. The van der Waals surface area contributed by atoms with Crippen LogP contribution in [-0.4, -0.2) is 0 Å². The highest BCUT2D eigenvalue weighted by Crippen LogP contribution is 2.33. The van der Waals surface area contributed by atoms with Gasteiger partial charge in [-0.05, 0) is 78.1 Å². The lowest BCUT2D eigenvalue weighted by molar-refractivity contribution is 1.33. The van der Waals surface area contributed by atoms with E-state index in [2.05, 4.69) is 58.1 Å². The number of fused-ring (bicyclic) bond motifs is 2. The van der Waals surface area contributed by atoms with Gasteiger partial charge in [-0.25, -0.2) is 0 Å². The van der Waals surface area contributed by atoms with Crippen LogP contribution in [0.4, 0.5) is 0 Å². The minimum atomic E-state index is 0.424. The second kappa shape index (κ2) is 5.84. The summed E-state index contributed by atoms with van der Waals surface area (Å²) in [5, 5.41) is 20.7. The third-order valence-electron chi connectivity index (χ3n) is 4.53. The molecular weight excluding hydrogens is 292 g/mol. The molecule has 0 fully saturated rings. The Morgan fingerprint density at radius 3 is 2.08 bits per heavy atom. The van der Waals surface area contributed by atoms with Crippen LogP contribution in [0.3, 0.4) is 0 Å². The Balaban J connectivity index is 2.60. The van der Waals surface area contributed by atoms with Crippen LogP contribution >= 0.6 is 0 Å². The maximum absolute atomic E-state index is 9.41. The number of benzene rings is 1. The van der Waals surface area contributed by atoms with Gasteiger partial charge in [0.25, 0.3) is 0 Å². The van der Waals surface area contributed by atoms with Crippen molar-refractivity contribution in [2.45, 2.75) is 27.7 Å². The van der Waals surface area contributed by atoms with Crippen molar-refractivity contribution in [3.8, 4) is 12.1 Å². The Labute approximate surface area is 142 Å². The Hall–Kier alpha value is -3.10. The molecule has 0 aliphatic heterocycles. The van der Waals surface area contributed by atoms with Gasteiger partial charge in [0.1, 0.15) is 12.1 Å². The summed E-state index contributed by atoms with van der Waals surface area (Å²) in [6.45, 7) is 8.45. The molecule has 1 aromatic rings. The van der Waals surface area contributed by atoms with E-state index in [0.717, 1.165) is 16.0 Å². The van der Waals surface area contributed by atoms with Crippen molar-refractivity contribution in [3.63, 3.8) is 0 Å². The van der Waals surface area contributed by atoms with E-state index in [1.165, 1.54) is 27.9 Å². The Bertz CT molecular complexity index is 1090. The molecule has 0 aromatic heterocycles. The van der Waals surface area contributed by atoms with E-state index in [9.17, 15) is 10.5 Å². The normalized spacial score (nSPS) is 16.2. The van der Waals surface area contributed by atoms with Gasteiger partial charge in [0.2, 0.25) is 0 Å². The van der Waals surface area contributed by atoms with Crippen molar-refractivity contribution in [1.29, 1.82) is 10.5 Å². The highest BCUT2D eigenvalue weighted by molar-refractivity contribution is 5.87. The van der Waals surface area contributed by atoms with E-state index in [-0.39, 0.29) is 0 Å². The molecule has 0 amide bonds. The maximum atomic E-state index is 9.41. The summed E-state index contributed by atoms with van der Waals surface area (Å²) in [7, 11) is 0. The van der Waals surface area contributed by atoms with Crippen LogP contribution in [0.2, 0.25) is 0 Å². The quantitative estimate of drug-likeness (QED) is 0.736. The molecule has 1 aromatic carbocycles. The van der Waals surface area contributed by atoms with E-state index in [1.807, 2.05) is 18.2 Å². The number of nitrogens with zero attached hydrogens (tertiary/aromatic N) is 2. The summed E-state index contributed by atoms with van der Waals surface area (Å²) in [5.41, 5.74) is 8.01. The number of hydrogen-bond donors (Lipinski definition) is 0. The molecule has 2 aliphatic rings. The fourth-order valence-electron chi connectivity index (χ4n) is 3.57. The molecule has 0 saturated heterocycles. The van der Waals surface area contributed by atoms with Crippen LogP contribution in [0.1, 0.15) is 38.8 Å². The van der Waals surface area contributed by atoms with E-state index in [4.69, 9.17) is 0 Å². The van der Waals surface area contributed by atoms with Crippen LogP contribution in [0.5, 0.6) is 0 Å². The van der Waals surface area contributed by atoms with Crippen LogP contribution in [0, 0.1) is 22.7 Å². The molecule has 24 heavy (non-hydrogen) atoms. The largest absolute Gasteiger partial charge is 0.192 e. The third-order valence-corrected chi connectivity index (χ3v) is 4.53. The second-order valence-corrected chi connectivity index (χ2v) is 6.37. The molecule has 0 spiro atoms. The van der Waals surface area contributed by atoms with Crippen LogP contribution in [0.15, 0.2) is 58.2 Å². The summed E-state index contributed by atoms with van der Waals surface area (Å²) >= 11 is 0. The van der Waals surface area contributed by atoms with E-state index in [1.54, 1.807) is 0 Å². The molecule has 0 radical (unpaired) electrons. The zero-order chi connectivity index (χ0) is 17.4. The van der Waals surface area contributed by atoms with Crippen molar-refractivity contribution in [1.82, 2.24) is 0 Å². The highest BCUT2D eigenvalue weighted by Gasteiger charge is 2.18. The predicted molar refractivity (Wildman–Crippen MR) is 97.0 cm³/mol. The van der Waals surface area contributed by atoms with Gasteiger partial charge in [-0.15, -0.1) is 0 Å². The van der Waals surface area contributed by atoms with Crippen molar-refractivity contribution in [2.75, 3.05) is 0 Å². The number of allylic oxidation sites excluding steroid dienone is 8. The molecule has 2 nitrogen and oxygen atoms in total. The molecule has 0 saturated carbocycles. The molecule has 0 atom stereocenters. The lowest BCUT2D eigenvalue weighted by Gasteiger charge is -2.14. The van der Waals surface area contributed by atoms with Gasteiger partial charge >= 0.3 is 0 Å². The average Bonchev–Trinajstić information content (AvgIpc) is 2.76. The standard InChI is InChI=1S/C22H18N2/c1-13-7-15(3)21-14(2)5-6-17-9-18(11-23)19(12-24)10-20(17)22(21)16(4)8-13/h5-10H,1-4H3. The monoisotopic (exact) mass is 310 g/mol. The first-order valence-electron chi connectivity index (χ1n) is 7.92. The van der Waals surface area contributed by atoms with Gasteiger partial charge in [-0.2, -0.15) is 10.5 Å². The summed E-state index contributed by atoms with van der Waals surface area (Å²) in [5.74, 6) is 0. The number of rotatable bonds is 0. The summed E-state index contributed by atoms with van der Waals surface area (Å²) in [4.78, 5) is 0. The molecule has 0 bridgehead atoms. The van der Waals surface area contributed by atoms with Crippen LogP contribution < -0.4 is 10.4 Å². The first-order chi connectivity index (χ1) is 11.5. The fourth-order valence-corrected chi connectivity index (χ4v) is 3.57. The summed E-state index contributed by atoms with van der Waals surface area (Å²) in [6, 6.07) is 7.97. The fraction of sp³-hybridized carbons (Fsp3) is 0.182. The van der Waals surface area contributed by atoms with Gasteiger partial charge in [0, 0.05) is 0 Å². The van der Waals surface area contributed by atoms with E-state index < -0.39 is 0 Å². The smallest absolute Gasteiger partial charge is 0.101 e. The van der Waals surface area contributed by atoms with Gasteiger partial charge in [-0.1, -0.05) is 29.9 Å². The lowest BCUT2D eigenvalue weighted by atomic mass is 9.89. The van der Waals surface area contributed by atoms with Crippen molar-refractivity contribution in [3.05, 3.63) is 79.8 Å². The Morgan fingerprint density at radius 1 is 0.750 bits per heavy atom. The second-order valence-electron chi connectivity index (χ2n) is 6.37. The van der Waals surface area contributed by atoms with Gasteiger partial charge in [0.05, 0.1) is 11.1 Å². The zero-order valence-electron chi connectivity index (χ0n) is 14.4. The Morgan fingerprint density at radius 2 is 1.42 bits per heavy atom. The van der Waals surface area contributed by atoms with Gasteiger partial charge in [0.15, 0.2) is 0 Å². The average molecular weight is 310 g/mol. The molecule has 3 rings (SSSR count). The SMILES string of the molecule is CC1=CC(C)=C2C(C)=CC=c3cc(C#N)c(C#N)cc3=C2C(C)=C1. The van der Waals surface area contributed by atoms with E-state index in [0.29, 0.717) is 11.1 Å². The van der Waals surface area contributed by atoms with Crippen LogP contribution in [0.25, 0.3) is 11.6 Å². The molecular formula is C22H18N2. The Kier molecular flexibility index (Phi) is 3.84. The predicted octanol–water partition coefficient (Wildman–Crippen LogP) is 3.54. The lowest BCUT2D eigenvalue weighted by Crippen LogP contribution is -2.28. The van der Waals surface area contributed by atoms with Crippen molar-refractivity contribution in [2.24, 2.45) is 0 Å². The van der Waals surface area contributed by atoms with Crippen molar-refractivity contribution >= 4 is 11.6 Å². The molecule has 0 heterocycles. The molecule has 0 N–H and O–H groups in total. The molecule has 2 heteroatoms. The van der Waals surface area contributed by atoms with Crippen LogP contribution in [-0.2, 0) is 0 Å². The molecule has 0 unspecified atom stereocenters. The van der Waals surface area contributed by atoms with Gasteiger partial charge < -0.3 is 0 Å².